The highest BCUT2D eigenvalue weighted by molar-refractivity contribution is 5.78. The summed E-state index contributed by atoms with van der Waals surface area (Å²) in [6.45, 7) is 9.11. The van der Waals surface area contributed by atoms with Crippen LogP contribution in [0, 0.1) is 0 Å². The van der Waals surface area contributed by atoms with Crippen LogP contribution in [-0.4, -0.2) is 99.9 Å². The van der Waals surface area contributed by atoms with Gasteiger partial charge in [-0.15, -0.1) is 0 Å². The molecule has 2 saturated heterocycles. The molecule has 2 heterocycles. The molecular formula is C13H25N3O3. The number of rotatable bonds is 5. The van der Waals surface area contributed by atoms with E-state index < -0.39 is 0 Å². The van der Waals surface area contributed by atoms with Crippen molar-refractivity contribution in [2.45, 2.75) is 0 Å². The highest BCUT2D eigenvalue weighted by Gasteiger charge is 2.23. The molecule has 0 N–H and O–H groups in total. The maximum Gasteiger partial charge on any atom is 0.236 e. The van der Waals surface area contributed by atoms with Crippen LogP contribution in [-0.2, 0) is 14.3 Å². The Morgan fingerprint density at radius 3 is 2.37 bits per heavy atom. The van der Waals surface area contributed by atoms with E-state index in [9.17, 15) is 4.79 Å². The lowest BCUT2D eigenvalue weighted by Crippen LogP contribution is -2.52. The van der Waals surface area contributed by atoms with Crippen molar-refractivity contribution in [2.24, 2.45) is 0 Å². The van der Waals surface area contributed by atoms with Gasteiger partial charge in [0.2, 0.25) is 5.91 Å². The molecule has 0 unspecified atom stereocenters. The number of amides is 1. The molecule has 0 saturated carbocycles. The predicted molar refractivity (Wildman–Crippen MR) is 72.2 cm³/mol. The van der Waals surface area contributed by atoms with E-state index in [-0.39, 0.29) is 5.91 Å². The molecule has 0 aliphatic carbocycles. The number of ether oxygens (including phenoxy) is 2. The lowest BCUT2D eigenvalue weighted by Gasteiger charge is -2.36. The molecule has 0 bridgehead atoms. The second-order valence-corrected chi connectivity index (χ2v) is 5.10. The Kier molecular flexibility index (Phi) is 6.03. The molecule has 0 aromatic heterocycles. The summed E-state index contributed by atoms with van der Waals surface area (Å²) in [5.41, 5.74) is 0. The zero-order valence-electron chi connectivity index (χ0n) is 11.8. The van der Waals surface area contributed by atoms with Crippen LogP contribution in [0.3, 0.4) is 0 Å². The van der Waals surface area contributed by atoms with Gasteiger partial charge in [0.1, 0.15) is 0 Å². The van der Waals surface area contributed by atoms with Crippen molar-refractivity contribution in [3.05, 3.63) is 0 Å². The monoisotopic (exact) mass is 271 g/mol. The third-order valence-corrected chi connectivity index (χ3v) is 3.80. The first kappa shape index (κ1) is 14.7. The van der Waals surface area contributed by atoms with E-state index in [4.69, 9.17) is 9.47 Å². The minimum absolute atomic E-state index is 0.258. The first-order valence-corrected chi connectivity index (χ1v) is 7.09. The molecular weight excluding hydrogens is 246 g/mol. The summed E-state index contributed by atoms with van der Waals surface area (Å²) < 4.78 is 10.4. The predicted octanol–water partition coefficient (Wildman–Crippen LogP) is -0.891. The third kappa shape index (κ3) is 4.72. The number of piperazine rings is 1. The fraction of sp³-hybridized carbons (Fsp3) is 0.923. The first-order valence-electron chi connectivity index (χ1n) is 7.09. The fourth-order valence-corrected chi connectivity index (χ4v) is 2.49. The Hall–Kier alpha value is -0.690. The van der Waals surface area contributed by atoms with Gasteiger partial charge in [0.05, 0.1) is 26.4 Å². The van der Waals surface area contributed by atoms with Crippen molar-refractivity contribution in [3.8, 4) is 0 Å². The summed E-state index contributed by atoms with van der Waals surface area (Å²) in [6, 6.07) is 0. The van der Waals surface area contributed by atoms with E-state index >= 15 is 0 Å². The summed E-state index contributed by atoms with van der Waals surface area (Å²) >= 11 is 0. The molecule has 0 radical (unpaired) electrons. The van der Waals surface area contributed by atoms with Crippen molar-refractivity contribution in [3.63, 3.8) is 0 Å². The largest absolute Gasteiger partial charge is 0.383 e. The van der Waals surface area contributed by atoms with Crippen molar-refractivity contribution >= 4 is 5.91 Å². The number of nitrogens with zero attached hydrogens (tertiary/aromatic N) is 3. The average Bonchev–Trinajstić information content (AvgIpc) is 2.46. The molecule has 6 heteroatoms. The van der Waals surface area contributed by atoms with Gasteiger partial charge in [-0.1, -0.05) is 0 Å². The molecule has 0 spiro atoms. The Morgan fingerprint density at radius 1 is 1.05 bits per heavy atom. The quantitative estimate of drug-likeness (QED) is 0.649. The minimum Gasteiger partial charge on any atom is -0.383 e. The Bertz CT molecular complexity index is 274. The first-order chi connectivity index (χ1) is 9.29. The molecule has 2 aliphatic rings. The van der Waals surface area contributed by atoms with Gasteiger partial charge in [-0.25, -0.2) is 0 Å². The molecule has 1 amide bonds. The van der Waals surface area contributed by atoms with Crippen LogP contribution < -0.4 is 0 Å². The Balaban J connectivity index is 1.67. The molecule has 2 fully saturated rings. The topological polar surface area (TPSA) is 45.2 Å². The van der Waals surface area contributed by atoms with E-state index in [0.29, 0.717) is 6.54 Å². The second kappa shape index (κ2) is 7.79. The molecule has 0 aromatic carbocycles. The summed E-state index contributed by atoms with van der Waals surface area (Å²) in [5, 5.41) is 0. The number of methoxy groups -OCH3 is 1. The number of carbonyl (C=O) groups is 1. The van der Waals surface area contributed by atoms with E-state index in [0.717, 1.165) is 65.6 Å². The SMILES string of the molecule is COCCN1CCN(C(=O)CN2CCOCC2)CC1. The van der Waals surface area contributed by atoms with Gasteiger partial charge in [0, 0.05) is 52.9 Å². The van der Waals surface area contributed by atoms with Crippen molar-refractivity contribution in [1.82, 2.24) is 14.7 Å². The number of hydrogen-bond donors (Lipinski definition) is 0. The van der Waals surface area contributed by atoms with Gasteiger partial charge in [-0.3, -0.25) is 14.6 Å². The maximum atomic E-state index is 12.2. The molecule has 6 nitrogen and oxygen atoms in total. The molecule has 19 heavy (non-hydrogen) atoms. The van der Waals surface area contributed by atoms with Crippen LogP contribution in [0.4, 0.5) is 0 Å². The summed E-state index contributed by atoms with van der Waals surface area (Å²) in [6.07, 6.45) is 0. The smallest absolute Gasteiger partial charge is 0.236 e. The maximum absolute atomic E-state index is 12.2. The average molecular weight is 271 g/mol. The molecule has 0 atom stereocenters. The van der Waals surface area contributed by atoms with Crippen LogP contribution in [0.25, 0.3) is 0 Å². The van der Waals surface area contributed by atoms with Gasteiger partial charge < -0.3 is 14.4 Å². The number of carbonyl (C=O) groups excluding carboxylic acids is 1. The van der Waals surface area contributed by atoms with Gasteiger partial charge in [-0.05, 0) is 0 Å². The van der Waals surface area contributed by atoms with Crippen LogP contribution in [0.1, 0.15) is 0 Å². The van der Waals surface area contributed by atoms with Gasteiger partial charge in [0.25, 0.3) is 0 Å². The zero-order chi connectivity index (χ0) is 13.5. The van der Waals surface area contributed by atoms with Crippen molar-refractivity contribution in [2.75, 3.05) is 79.3 Å². The lowest BCUT2D eigenvalue weighted by atomic mass is 10.3. The van der Waals surface area contributed by atoms with Crippen LogP contribution in [0.2, 0.25) is 0 Å². The molecule has 110 valence electrons. The minimum atomic E-state index is 0.258. The second-order valence-electron chi connectivity index (χ2n) is 5.10. The van der Waals surface area contributed by atoms with Crippen LogP contribution in [0.15, 0.2) is 0 Å². The highest BCUT2D eigenvalue weighted by atomic mass is 16.5. The van der Waals surface area contributed by atoms with Crippen LogP contribution >= 0.6 is 0 Å². The van der Waals surface area contributed by atoms with E-state index in [1.165, 1.54) is 0 Å². The van der Waals surface area contributed by atoms with E-state index in [1.54, 1.807) is 7.11 Å². The van der Waals surface area contributed by atoms with Crippen molar-refractivity contribution < 1.29 is 14.3 Å². The highest BCUT2D eigenvalue weighted by Crippen LogP contribution is 2.04. The third-order valence-electron chi connectivity index (χ3n) is 3.80. The van der Waals surface area contributed by atoms with E-state index in [1.807, 2.05) is 4.90 Å². The molecule has 2 rings (SSSR count). The molecule has 0 aromatic rings. The summed E-state index contributed by atoms with van der Waals surface area (Å²) in [5.74, 6) is 0.258. The summed E-state index contributed by atoms with van der Waals surface area (Å²) in [7, 11) is 1.72. The molecule has 2 aliphatic heterocycles. The standard InChI is InChI=1S/C13H25N3O3/c1-18-9-6-14-2-4-16(5-3-14)13(17)12-15-7-10-19-11-8-15/h2-12H2,1H3. The van der Waals surface area contributed by atoms with E-state index in [2.05, 4.69) is 9.80 Å². The zero-order valence-corrected chi connectivity index (χ0v) is 11.8. The number of hydrogen-bond acceptors (Lipinski definition) is 5. The van der Waals surface area contributed by atoms with Gasteiger partial charge >= 0.3 is 0 Å². The van der Waals surface area contributed by atoms with Gasteiger partial charge in [-0.2, -0.15) is 0 Å². The Labute approximate surface area is 115 Å². The fourth-order valence-electron chi connectivity index (χ4n) is 2.49. The van der Waals surface area contributed by atoms with Crippen molar-refractivity contribution in [1.29, 1.82) is 0 Å². The van der Waals surface area contributed by atoms with Crippen LogP contribution in [0.5, 0.6) is 0 Å². The lowest BCUT2D eigenvalue weighted by molar-refractivity contribution is -0.135. The normalized spacial score (nSPS) is 22.7. The van der Waals surface area contributed by atoms with Gasteiger partial charge in [0.15, 0.2) is 0 Å². The summed E-state index contributed by atoms with van der Waals surface area (Å²) in [4.78, 5) is 18.7. The number of morpholine rings is 1. The Morgan fingerprint density at radius 2 is 1.74 bits per heavy atom.